The molecule has 8 nitrogen and oxygen atoms in total. The van der Waals surface area contributed by atoms with Crippen molar-refractivity contribution in [3.63, 3.8) is 0 Å². The maximum absolute atomic E-state index is 12.3. The molecule has 2 amide bonds. The second-order valence-electron chi connectivity index (χ2n) is 6.22. The molecule has 1 aromatic carbocycles. The fraction of sp³-hybridized carbons (Fsp3) is 0.412. The number of urea groups is 1. The van der Waals surface area contributed by atoms with Gasteiger partial charge in [0.2, 0.25) is 6.79 Å². The van der Waals surface area contributed by atoms with E-state index in [-0.39, 0.29) is 6.03 Å². The van der Waals surface area contributed by atoms with Gasteiger partial charge in [0.1, 0.15) is 5.82 Å². The number of nitrogens with one attached hydrogen (secondary N) is 1. The molecular weight excluding hydrogens is 322 g/mol. The average Bonchev–Trinajstić information content (AvgIpc) is 3.24. The molecule has 1 aromatic heterocycles. The van der Waals surface area contributed by atoms with Crippen LogP contribution in [0.15, 0.2) is 30.5 Å². The van der Waals surface area contributed by atoms with E-state index >= 15 is 0 Å². The number of hydrogen-bond acceptors (Lipinski definition) is 5. The van der Waals surface area contributed by atoms with Gasteiger partial charge < -0.3 is 14.4 Å². The van der Waals surface area contributed by atoms with E-state index in [4.69, 9.17) is 9.47 Å². The number of hydrogen-bond donors (Lipinski definition) is 1. The summed E-state index contributed by atoms with van der Waals surface area (Å²) in [5, 5.41) is 6.95. The van der Waals surface area contributed by atoms with Gasteiger partial charge in [-0.15, -0.1) is 0 Å². The number of aryl methyl sites for hydroxylation is 1. The van der Waals surface area contributed by atoms with E-state index in [1.54, 1.807) is 24.0 Å². The molecular formula is C17H21N5O3. The zero-order chi connectivity index (χ0) is 17.2. The van der Waals surface area contributed by atoms with E-state index in [2.05, 4.69) is 21.4 Å². The maximum atomic E-state index is 12.3. The van der Waals surface area contributed by atoms with Crippen LogP contribution in [0.3, 0.4) is 0 Å². The van der Waals surface area contributed by atoms with Gasteiger partial charge in [-0.2, -0.15) is 5.10 Å². The fourth-order valence-corrected chi connectivity index (χ4v) is 3.09. The Labute approximate surface area is 145 Å². The molecule has 8 heteroatoms. The summed E-state index contributed by atoms with van der Waals surface area (Å²) in [4.78, 5) is 16.5. The number of carbonyl (C=O) groups excluding carboxylic acids is 1. The first-order valence-corrected chi connectivity index (χ1v) is 8.34. The van der Waals surface area contributed by atoms with Gasteiger partial charge in [-0.25, -0.2) is 4.79 Å². The molecule has 0 atom stereocenters. The molecule has 1 fully saturated rings. The van der Waals surface area contributed by atoms with Crippen molar-refractivity contribution >= 4 is 11.8 Å². The lowest BCUT2D eigenvalue weighted by Crippen LogP contribution is -2.49. The van der Waals surface area contributed by atoms with Crippen molar-refractivity contribution in [2.45, 2.75) is 6.54 Å². The van der Waals surface area contributed by atoms with Crippen LogP contribution in [0.5, 0.6) is 11.5 Å². The average molecular weight is 343 g/mol. The van der Waals surface area contributed by atoms with E-state index in [1.165, 1.54) is 5.56 Å². The first kappa shape index (κ1) is 15.8. The quantitative estimate of drug-likeness (QED) is 0.914. The predicted octanol–water partition coefficient (Wildman–Crippen LogP) is 1.50. The first-order valence-electron chi connectivity index (χ1n) is 8.34. The Morgan fingerprint density at radius 2 is 1.96 bits per heavy atom. The summed E-state index contributed by atoms with van der Waals surface area (Å²) in [5.74, 6) is 2.32. The zero-order valence-corrected chi connectivity index (χ0v) is 14.1. The second-order valence-corrected chi connectivity index (χ2v) is 6.22. The normalized spacial score (nSPS) is 16.9. The molecule has 0 aliphatic carbocycles. The van der Waals surface area contributed by atoms with Gasteiger partial charge in [0, 0.05) is 45.8 Å². The number of benzene rings is 1. The van der Waals surface area contributed by atoms with Gasteiger partial charge in [0.15, 0.2) is 11.5 Å². The fourth-order valence-electron chi connectivity index (χ4n) is 3.09. The predicted molar refractivity (Wildman–Crippen MR) is 91.6 cm³/mol. The summed E-state index contributed by atoms with van der Waals surface area (Å²) >= 11 is 0. The molecule has 2 aromatic rings. The third-order valence-corrected chi connectivity index (χ3v) is 4.56. The third kappa shape index (κ3) is 3.39. The van der Waals surface area contributed by atoms with Crippen molar-refractivity contribution < 1.29 is 14.3 Å². The van der Waals surface area contributed by atoms with Crippen LogP contribution in [0.1, 0.15) is 5.56 Å². The molecule has 0 bridgehead atoms. The third-order valence-electron chi connectivity index (χ3n) is 4.56. The van der Waals surface area contributed by atoms with E-state index < -0.39 is 0 Å². The number of fused-ring (bicyclic) bond motifs is 1. The number of nitrogens with zero attached hydrogens (tertiary/aromatic N) is 4. The van der Waals surface area contributed by atoms with E-state index in [0.29, 0.717) is 25.7 Å². The largest absolute Gasteiger partial charge is 0.454 e. The summed E-state index contributed by atoms with van der Waals surface area (Å²) in [6.07, 6.45) is 1.67. The summed E-state index contributed by atoms with van der Waals surface area (Å²) in [6, 6.07) is 7.76. The van der Waals surface area contributed by atoms with Crippen LogP contribution in [0.4, 0.5) is 10.6 Å². The molecule has 1 saturated heterocycles. The van der Waals surface area contributed by atoms with Crippen LogP contribution >= 0.6 is 0 Å². The van der Waals surface area contributed by atoms with Crippen LogP contribution in [0.25, 0.3) is 0 Å². The maximum Gasteiger partial charge on any atom is 0.323 e. The molecule has 0 unspecified atom stereocenters. The van der Waals surface area contributed by atoms with Crippen LogP contribution < -0.4 is 14.8 Å². The van der Waals surface area contributed by atoms with Crippen LogP contribution in [0, 0.1) is 0 Å². The molecule has 2 aliphatic rings. The van der Waals surface area contributed by atoms with Gasteiger partial charge in [-0.1, -0.05) is 6.07 Å². The summed E-state index contributed by atoms with van der Waals surface area (Å²) in [5.41, 5.74) is 1.19. The highest BCUT2D eigenvalue weighted by Crippen LogP contribution is 2.32. The lowest BCUT2D eigenvalue weighted by Gasteiger charge is -2.34. The molecule has 132 valence electrons. The Morgan fingerprint density at radius 3 is 2.72 bits per heavy atom. The van der Waals surface area contributed by atoms with Crippen molar-refractivity contribution in [2.75, 3.05) is 38.3 Å². The summed E-state index contributed by atoms with van der Waals surface area (Å²) in [6.45, 7) is 4.22. The van der Waals surface area contributed by atoms with Crippen molar-refractivity contribution in [1.82, 2.24) is 19.6 Å². The van der Waals surface area contributed by atoms with E-state index in [1.807, 2.05) is 17.0 Å². The number of ether oxygens (including phenoxy) is 2. The molecule has 0 radical (unpaired) electrons. The van der Waals surface area contributed by atoms with Gasteiger partial charge in [-0.05, 0) is 17.7 Å². The molecule has 1 N–H and O–H groups in total. The Hall–Kier alpha value is -2.74. The number of carbonyl (C=O) groups is 1. The highest BCUT2D eigenvalue weighted by molar-refractivity contribution is 5.88. The minimum Gasteiger partial charge on any atom is -0.454 e. The minimum absolute atomic E-state index is 0.0775. The van der Waals surface area contributed by atoms with E-state index in [0.717, 1.165) is 31.1 Å². The molecule has 0 spiro atoms. The smallest absolute Gasteiger partial charge is 0.323 e. The highest BCUT2D eigenvalue weighted by atomic mass is 16.7. The lowest BCUT2D eigenvalue weighted by molar-refractivity contribution is 0.143. The molecule has 2 aliphatic heterocycles. The summed E-state index contributed by atoms with van der Waals surface area (Å²) in [7, 11) is 1.80. The van der Waals surface area contributed by atoms with Gasteiger partial charge >= 0.3 is 6.03 Å². The van der Waals surface area contributed by atoms with Gasteiger partial charge in [0.05, 0.1) is 6.20 Å². The minimum atomic E-state index is -0.0775. The second kappa shape index (κ2) is 6.64. The first-order chi connectivity index (χ1) is 12.2. The lowest BCUT2D eigenvalue weighted by atomic mass is 10.1. The zero-order valence-electron chi connectivity index (χ0n) is 14.1. The molecule has 25 heavy (non-hydrogen) atoms. The monoisotopic (exact) mass is 343 g/mol. The van der Waals surface area contributed by atoms with Crippen LogP contribution in [-0.4, -0.2) is 58.6 Å². The van der Waals surface area contributed by atoms with Crippen LogP contribution in [-0.2, 0) is 13.6 Å². The van der Waals surface area contributed by atoms with Crippen molar-refractivity contribution in [3.05, 3.63) is 36.0 Å². The number of amides is 2. The molecule has 4 rings (SSSR count). The topological polar surface area (TPSA) is 71.9 Å². The van der Waals surface area contributed by atoms with Gasteiger partial charge in [0.25, 0.3) is 0 Å². The Morgan fingerprint density at radius 1 is 1.16 bits per heavy atom. The number of rotatable bonds is 3. The number of anilines is 1. The highest BCUT2D eigenvalue weighted by Gasteiger charge is 2.22. The number of piperazine rings is 1. The Balaban J connectivity index is 1.29. The number of aromatic nitrogens is 2. The Kier molecular flexibility index (Phi) is 4.19. The van der Waals surface area contributed by atoms with Crippen molar-refractivity contribution in [3.8, 4) is 11.5 Å². The van der Waals surface area contributed by atoms with Crippen LogP contribution in [0.2, 0.25) is 0 Å². The SMILES string of the molecule is Cn1nccc1NC(=O)N1CCN(Cc2ccc3c(c2)OCO3)CC1. The molecule has 3 heterocycles. The standard InChI is InChI=1S/C17H21N5O3/c1-20-16(4-5-18-20)19-17(23)22-8-6-21(7-9-22)11-13-2-3-14-15(10-13)25-12-24-14/h2-5,10H,6-9,11-12H2,1H3,(H,19,23). The van der Waals surface area contributed by atoms with Crippen molar-refractivity contribution in [1.29, 1.82) is 0 Å². The van der Waals surface area contributed by atoms with Crippen molar-refractivity contribution in [2.24, 2.45) is 7.05 Å². The summed E-state index contributed by atoms with van der Waals surface area (Å²) < 4.78 is 12.4. The molecule has 0 saturated carbocycles. The van der Waals surface area contributed by atoms with Gasteiger partial charge in [-0.3, -0.25) is 14.9 Å². The Bertz CT molecular complexity index is 767. The van der Waals surface area contributed by atoms with E-state index in [9.17, 15) is 4.79 Å².